The largest absolute Gasteiger partial charge is 0.383 e. The highest BCUT2D eigenvalue weighted by atomic mass is 35.5. The van der Waals surface area contributed by atoms with Gasteiger partial charge in [0, 0.05) is 24.5 Å². The van der Waals surface area contributed by atoms with Crippen molar-refractivity contribution in [2.24, 2.45) is 0 Å². The second kappa shape index (κ2) is 6.77. The van der Waals surface area contributed by atoms with Gasteiger partial charge in [-0.25, -0.2) is 0 Å². The van der Waals surface area contributed by atoms with Crippen molar-refractivity contribution in [2.45, 2.75) is 13.3 Å². The van der Waals surface area contributed by atoms with Gasteiger partial charge in [0.15, 0.2) is 0 Å². The normalized spacial score (nSPS) is 9.47. The van der Waals surface area contributed by atoms with E-state index in [1.54, 1.807) is 18.2 Å². The number of nitriles is 1. The lowest BCUT2D eigenvalue weighted by molar-refractivity contribution is -0.120. The zero-order valence-corrected chi connectivity index (χ0v) is 10.3. The highest BCUT2D eigenvalue weighted by molar-refractivity contribution is 6.30. The van der Waals surface area contributed by atoms with Gasteiger partial charge in [-0.05, 0) is 25.1 Å². The zero-order chi connectivity index (χ0) is 12.7. The predicted octanol–water partition coefficient (Wildman–Crippen LogP) is 2.15. The molecule has 0 aliphatic rings. The summed E-state index contributed by atoms with van der Waals surface area (Å²) in [5, 5.41) is 15.2. The Morgan fingerprint density at radius 2 is 2.29 bits per heavy atom. The number of hydrogen-bond acceptors (Lipinski definition) is 3. The van der Waals surface area contributed by atoms with Crippen molar-refractivity contribution in [1.29, 1.82) is 5.26 Å². The second-order valence-electron chi connectivity index (χ2n) is 3.43. The zero-order valence-electron chi connectivity index (χ0n) is 9.59. The van der Waals surface area contributed by atoms with E-state index in [0.717, 1.165) is 0 Å². The van der Waals surface area contributed by atoms with Crippen LogP contribution in [0.4, 0.5) is 5.69 Å². The number of amides is 1. The van der Waals surface area contributed by atoms with E-state index >= 15 is 0 Å². The fourth-order valence-corrected chi connectivity index (χ4v) is 1.53. The lowest BCUT2D eigenvalue weighted by atomic mass is 10.2. The van der Waals surface area contributed by atoms with E-state index in [2.05, 4.69) is 16.7 Å². The molecule has 2 N–H and O–H groups in total. The topological polar surface area (TPSA) is 64.9 Å². The molecule has 0 aromatic heterocycles. The highest BCUT2D eigenvalue weighted by Crippen LogP contribution is 2.19. The van der Waals surface area contributed by atoms with Crippen LogP contribution in [0.1, 0.15) is 18.9 Å². The Balaban J connectivity index is 2.52. The summed E-state index contributed by atoms with van der Waals surface area (Å²) in [5.74, 6) is -0.00697. The Hall–Kier alpha value is -1.73. The molecule has 0 heterocycles. The van der Waals surface area contributed by atoms with E-state index in [1.807, 2.05) is 6.92 Å². The molecule has 1 aromatic rings. The number of benzene rings is 1. The predicted molar refractivity (Wildman–Crippen MR) is 68.0 cm³/mol. The Labute approximate surface area is 106 Å². The van der Waals surface area contributed by atoms with E-state index in [-0.39, 0.29) is 5.91 Å². The van der Waals surface area contributed by atoms with Crippen molar-refractivity contribution in [3.63, 3.8) is 0 Å². The first-order valence-electron chi connectivity index (χ1n) is 5.37. The Bertz CT molecular complexity index is 440. The van der Waals surface area contributed by atoms with Gasteiger partial charge < -0.3 is 10.6 Å². The van der Waals surface area contributed by atoms with Crippen LogP contribution >= 0.6 is 11.6 Å². The average molecular weight is 252 g/mol. The summed E-state index contributed by atoms with van der Waals surface area (Å²) in [6.07, 6.45) is 0.376. The molecule has 5 heteroatoms. The third kappa shape index (κ3) is 4.33. The molecule has 0 atom stereocenters. The van der Waals surface area contributed by atoms with Crippen LogP contribution in [0, 0.1) is 11.3 Å². The van der Waals surface area contributed by atoms with Gasteiger partial charge in [-0.3, -0.25) is 4.79 Å². The van der Waals surface area contributed by atoms with E-state index in [0.29, 0.717) is 35.8 Å². The third-order valence-electron chi connectivity index (χ3n) is 2.14. The lowest BCUT2D eigenvalue weighted by Crippen LogP contribution is -2.24. The van der Waals surface area contributed by atoms with Gasteiger partial charge in [-0.2, -0.15) is 5.26 Å². The molecule has 1 aromatic carbocycles. The Morgan fingerprint density at radius 1 is 1.53 bits per heavy atom. The summed E-state index contributed by atoms with van der Waals surface area (Å²) < 4.78 is 0. The minimum atomic E-state index is -0.00697. The molecule has 0 fully saturated rings. The molecule has 0 radical (unpaired) electrons. The average Bonchev–Trinajstić information content (AvgIpc) is 2.31. The number of rotatable bonds is 5. The van der Waals surface area contributed by atoms with Gasteiger partial charge in [0.2, 0.25) is 5.91 Å². The van der Waals surface area contributed by atoms with Crippen LogP contribution in [0.5, 0.6) is 0 Å². The summed E-state index contributed by atoms with van der Waals surface area (Å²) in [7, 11) is 0. The molecule has 17 heavy (non-hydrogen) atoms. The van der Waals surface area contributed by atoms with Gasteiger partial charge in [0.05, 0.1) is 11.3 Å². The highest BCUT2D eigenvalue weighted by Gasteiger charge is 2.03. The van der Waals surface area contributed by atoms with Gasteiger partial charge in [0.1, 0.15) is 6.07 Å². The first-order valence-corrected chi connectivity index (χ1v) is 5.75. The number of nitrogens with one attached hydrogen (secondary N) is 2. The molecule has 0 aliphatic heterocycles. The second-order valence-corrected chi connectivity index (χ2v) is 3.87. The van der Waals surface area contributed by atoms with Crippen molar-refractivity contribution < 1.29 is 4.79 Å². The number of nitrogens with zero attached hydrogens (tertiary/aromatic N) is 1. The molecule has 0 unspecified atom stereocenters. The molecule has 90 valence electrons. The Morgan fingerprint density at radius 3 is 2.94 bits per heavy atom. The standard InChI is InChI=1S/C12H14ClN3O/c1-2-15-12(17)5-6-16-11-4-3-10(13)7-9(11)8-14/h3-4,7,16H,2,5-6H2,1H3,(H,15,17). The van der Waals surface area contributed by atoms with Crippen LogP contribution < -0.4 is 10.6 Å². The Kier molecular flexibility index (Phi) is 5.31. The molecule has 0 bridgehead atoms. The third-order valence-corrected chi connectivity index (χ3v) is 2.38. The number of carbonyl (C=O) groups is 1. The summed E-state index contributed by atoms with van der Waals surface area (Å²) in [6.45, 7) is 2.99. The first kappa shape index (κ1) is 13.3. The summed E-state index contributed by atoms with van der Waals surface area (Å²) in [4.78, 5) is 11.2. The summed E-state index contributed by atoms with van der Waals surface area (Å²) in [5.41, 5.74) is 1.18. The van der Waals surface area contributed by atoms with E-state index < -0.39 is 0 Å². The maximum Gasteiger partial charge on any atom is 0.221 e. The van der Waals surface area contributed by atoms with Gasteiger partial charge in [-0.1, -0.05) is 11.6 Å². The van der Waals surface area contributed by atoms with Crippen LogP contribution in [0.25, 0.3) is 0 Å². The summed E-state index contributed by atoms with van der Waals surface area (Å²) >= 11 is 5.78. The van der Waals surface area contributed by atoms with Crippen LogP contribution in [-0.4, -0.2) is 19.0 Å². The van der Waals surface area contributed by atoms with Crippen LogP contribution in [0.15, 0.2) is 18.2 Å². The smallest absolute Gasteiger partial charge is 0.221 e. The van der Waals surface area contributed by atoms with Crippen LogP contribution in [0.2, 0.25) is 5.02 Å². The van der Waals surface area contributed by atoms with E-state index in [9.17, 15) is 4.79 Å². The van der Waals surface area contributed by atoms with Crippen LogP contribution in [-0.2, 0) is 4.79 Å². The number of anilines is 1. The minimum absolute atomic E-state index is 0.00697. The maximum atomic E-state index is 11.2. The fraction of sp³-hybridized carbons (Fsp3) is 0.333. The number of carbonyl (C=O) groups excluding carboxylic acids is 1. The molecule has 1 rings (SSSR count). The summed E-state index contributed by atoms with van der Waals surface area (Å²) in [6, 6.07) is 7.09. The SMILES string of the molecule is CCNC(=O)CCNc1ccc(Cl)cc1C#N. The van der Waals surface area contributed by atoms with Crippen molar-refractivity contribution in [2.75, 3.05) is 18.4 Å². The first-order chi connectivity index (χ1) is 8.17. The molecule has 1 amide bonds. The van der Waals surface area contributed by atoms with Gasteiger partial charge >= 0.3 is 0 Å². The molecule has 4 nitrogen and oxygen atoms in total. The number of hydrogen-bond donors (Lipinski definition) is 2. The molecule has 0 saturated carbocycles. The van der Waals surface area contributed by atoms with E-state index in [4.69, 9.17) is 16.9 Å². The van der Waals surface area contributed by atoms with Crippen molar-refractivity contribution in [1.82, 2.24) is 5.32 Å². The van der Waals surface area contributed by atoms with Crippen LogP contribution in [0.3, 0.4) is 0 Å². The quantitative estimate of drug-likeness (QED) is 0.843. The van der Waals surface area contributed by atoms with Gasteiger partial charge in [0.25, 0.3) is 0 Å². The molecular weight excluding hydrogens is 238 g/mol. The maximum absolute atomic E-state index is 11.2. The minimum Gasteiger partial charge on any atom is -0.383 e. The van der Waals surface area contributed by atoms with Crippen molar-refractivity contribution in [3.05, 3.63) is 28.8 Å². The lowest BCUT2D eigenvalue weighted by Gasteiger charge is -2.08. The number of halogens is 1. The van der Waals surface area contributed by atoms with E-state index in [1.165, 1.54) is 0 Å². The molecule has 0 saturated heterocycles. The molecular formula is C12H14ClN3O. The molecule has 0 spiro atoms. The van der Waals surface area contributed by atoms with Gasteiger partial charge in [-0.15, -0.1) is 0 Å². The monoisotopic (exact) mass is 251 g/mol. The van der Waals surface area contributed by atoms with Crippen molar-refractivity contribution in [3.8, 4) is 6.07 Å². The molecule has 0 aliphatic carbocycles. The van der Waals surface area contributed by atoms with Crippen molar-refractivity contribution >= 4 is 23.2 Å². The fourth-order valence-electron chi connectivity index (χ4n) is 1.36.